The normalized spacial score (nSPS) is 10.4. The van der Waals surface area contributed by atoms with Gasteiger partial charge in [-0.05, 0) is 19.0 Å². The molecule has 0 aromatic heterocycles. The second-order valence-corrected chi connectivity index (χ2v) is 4.84. The summed E-state index contributed by atoms with van der Waals surface area (Å²) in [7, 11) is 0. The summed E-state index contributed by atoms with van der Waals surface area (Å²) in [6.07, 6.45) is 7.55. The number of nitrogens with zero attached hydrogens (tertiary/aromatic N) is 1. The molecule has 1 aromatic rings. The Hall–Kier alpha value is -1.40. The van der Waals surface area contributed by atoms with E-state index < -0.39 is 0 Å². The zero-order valence-electron chi connectivity index (χ0n) is 11.7. The summed E-state index contributed by atoms with van der Waals surface area (Å²) < 4.78 is 13.7. The molecule has 0 spiro atoms. The SMILES string of the molecule is CCCCCCCCNCc1cccc(C#N)c1F. The maximum absolute atomic E-state index is 13.7. The monoisotopic (exact) mass is 262 g/mol. The quantitative estimate of drug-likeness (QED) is 0.679. The van der Waals surface area contributed by atoms with E-state index in [9.17, 15) is 4.39 Å². The molecule has 0 bridgehead atoms. The first kappa shape index (κ1) is 15.7. The topological polar surface area (TPSA) is 35.8 Å². The molecule has 0 saturated carbocycles. The molecular weight excluding hydrogens is 239 g/mol. The van der Waals surface area contributed by atoms with E-state index in [0.717, 1.165) is 13.0 Å². The summed E-state index contributed by atoms with van der Waals surface area (Å²) in [6.45, 7) is 3.62. The fraction of sp³-hybridized carbons (Fsp3) is 0.562. The molecule has 0 radical (unpaired) electrons. The Morgan fingerprint density at radius 3 is 2.63 bits per heavy atom. The maximum atomic E-state index is 13.7. The standard InChI is InChI=1S/C16H23FN2/c1-2-3-4-5-6-7-11-19-13-15-10-8-9-14(12-18)16(15)17/h8-10,19H,2-7,11,13H2,1H3. The Kier molecular flexibility index (Phi) is 7.84. The van der Waals surface area contributed by atoms with Gasteiger partial charge in [0.2, 0.25) is 0 Å². The highest BCUT2D eigenvalue weighted by Gasteiger charge is 2.06. The van der Waals surface area contributed by atoms with Crippen LogP contribution in [0.1, 0.15) is 56.6 Å². The van der Waals surface area contributed by atoms with Gasteiger partial charge < -0.3 is 5.32 Å². The molecule has 0 atom stereocenters. The second kappa shape index (κ2) is 9.52. The molecule has 0 heterocycles. The molecule has 19 heavy (non-hydrogen) atoms. The lowest BCUT2D eigenvalue weighted by Gasteiger charge is -2.06. The van der Waals surface area contributed by atoms with Gasteiger partial charge in [-0.1, -0.05) is 51.2 Å². The third kappa shape index (κ3) is 5.85. The van der Waals surface area contributed by atoms with Gasteiger partial charge in [0.25, 0.3) is 0 Å². The first-order chi connectivity index (χ1) is 9.29. The van der Waals surface area contributed by atoms with Crippen LogP contribution >= 0.6 is 0 Å². The van der Waals surface area contributed by atoms with Crippen molar-refractivity contribution in [2.75, 3.05) is 6.54 Å². The van der Waals surface area contributed by atoms with Gasteiger partial charge in [0.15, 0.2) is 0 Å². The van der Waals surface area contributed by atoms with Crippen molar-refractivity contribution in [2.24, 2.45) is 0 Å². The predicted molar refractivity (Wildman–Crippen MR) is 76.2 cm³/mol. The van der Waals surface area contributed by atoms with Gasteiger partial charge in [0, 0.05) is 12.1 Å². The number of halogens is 1. The summed E-state index contributed by atoms with van der Waals surface area (Å²) in [4.78, 5) is 0. The van der Waals surface area contributed by atoms with Crippen molar-refractivity contribution in [1.29, 1.82) is 5.26 Å². The Morgan fingerprint density at radius 2 is 1.89 bits per heavy atom. The van der Waals surface area contributed by atoms with Crippen LogP contribution in [0.4, 0.5) is 4.39 Å². The van der Waals surface area contributed by atoms with Crippen molar-refractivity contribution in [1.82, 2.24) is 5.32 Å². The highest BCUT2D eigenvalue weighted by atomic mass is 19.1. The fourth-order valence-corrected chi connectivity index (χ4v) is 2.06. The van der Waals surface area contributed by atoms with E-state index in [2.05, 4.69) is 12.2 Å². The summed E-state index contributed by atoms with van der Waals surface area (Å²) in [5, 5.41) is 12.0. The number of nitrogens with one attached hydrogen (secondary N) is 1. The maximum Gasteiger partial charge on any atom is 0.145 e. The van der Waals surface area contributed by atoms with E-state index in [1.165, 1.54) is 38.2 Å². The Morgan fingerprint density at radius 1 is 1.16 bits per heavy atom. The summed E-state index contributed by atoms with van der Waals surface area (Å²) >= 11 is 0. The number of nitriles is 1. The first-order valence-corrected chi connectivity index (χ1v) is 7.17. The predicted octanol–water partition coefficient (Wildman–Crippen LogP) is 4.15. The molecule has 3 heteroatoms. The van der Waals surface area contributed by atoms with Crippen molar-refractivity contribution >= 4 is 0 Å². The van der Waals surface area contributed by atoms with Crippen molar-refractivity contribution in [3.05, 3.63) is 35.1 Å². The number of benzene rings is 1. The molecule has 1 N–H and O–H groups in total. The van der Waals surface area contributed by atoms with Crippen LogP contribution in [0.5, 0.6) is 0 Å². The molecule has 0 saturated heterocycles. The van der Waals surface area contributed by atoms with Crippen LogP contribution in [-0.2, 0) is 6.54 Å². The smallest absolute Gasteiger partial charge is 0.145 e. The fourth-order valence-electron chi connectivity index (χ4n) is 2.06. The van der Waals surface area contributed by atoms with Crippen LogP contribution in [-0.4, -0.2) is 6.54 Å². The van der Waals surface area contributed by atoms with Crippen LogP contribution in [0.15, 0.2) is 18.2 Å². The summed E-state index contributed by atoms with van der Waals surface area (Å²) in [6, 6.07) is 6.82. The van der Waals surface area contributed by atoms with E-state index in [1.54, 1.807) is 12.1 Å². The van der Waals surface area contributed by atoms with Crippen molar-refractivity contribution in [2.45, 2.75) is 52.0 Å². The van der Waals surface area contributed by atoms with Gasteiger partial charge in [-0.15, -0.1) is 0 Å². The van der Waals surface area contributed by atoms with Crippen LogP contribution < -0.4 is 5.32 Å². The summed E-state index contributed by atoms with van der Waals surface area (Å²) in [5.74, 6) is -0.388. The minimum atomic E-state index is -0.388. The minimum absolute atomic E-state index is 0.124. The highest BCUT2D eigenvalue weighted by molar-refractivity contribution is 5.34. The van der Waals surface area contributed by atoms with Gasteiger partial charge in [-0.2, -0.15) is 5.26 Å². The van der Waals surface area contributed by atoms with Crippen molar-refractivity contribution in [3.63, 3.8) is 0 Å². The average molecular weight is 262 g/mol. The third-order valence-corrected chi connectivity index (χ3v) is 3.22. The molecule has 0 amide bonds. The Labute approximate surface area is 115 Å². The van der Waals surface area contributed by atoms with Crippen molar-refractivity contribution < 1.29 is 4.39 Å². The molecule has 0 aliphatic rings. The van der Waals surface area contributed by atoms with Gasteiger partial charge in [-0.3, -0.25) is 0 Å². The van der Waals surface area contributed by atoms with Gasteiger partial charge in [0.05, 0.1) is 5.56 Å². The average Bonchev–Trinajstić information content (AvgIpc) is 2.43. The van der Waals surface area contributed by atoms with Gasteiger partial charge >= 0.3 is 0 Å². The van der Waals surface area contributed by atoms with E-state index in [4.69, 9.17) is 5.26 Å². The minimum Gasteiger partial charge on any atom is -0.313 e. The van der Waals surface area contributed by atoms with E-state index in [0.29, 0.717) is 12.1 Å². The number of unbranched alkanes of at least 4 members (excludes halogenated alkanes) is 5. The van der Waals surface area contributed by atoms with Crippen LogP contribution in [0.3, 0.4) is 0 Å². The second-order valence-electron chi connectivity index (χ2n) is 4.84. The van der Waals surface area contributed by atoms with Crippen LogP contribution in [0, 0.1) is 17.1 Å². The Bertz CT molecular complexity index is 410. The largest absolute Gasteiger partial charge is 0.313 e. The highest BCUT2D eigenvalue weighted by Crippen LogP contribution is 2.11. The molecule has 0 unspecified atom stereocenters. The lowest BCUT2D eigenvalue weighted by atomic mass is 10.1. The van der Waals surface area contributed by atoms with E-state index >= 15 is 0 Å². The molecule has 0 aliphatic carbocycles. The molecule has 1 rings (SSSR count). The van der Waals surface area contributed by atoms with Crippen LogP contribution in [0.2, 0.25) is 0 Å². The molecule has 104 valence electrons. The number of hydrogen-bond donors (Lipinski definition) is 1. The number of hydrogen-bond acceptors (Lipinski definition) is 2. The third-order valence-electron chi connectivity index (χ3n) is 3.22. The molecular formula is C16H23FN2. The van der Waals surface area contributed by atoms with Crippen LogP contribution in [0.25, 0.3) is 0 Å². The summed E-state index contributed by atoms with van der Waals surface area (Å²) in [5.41, 5.74) is 0.698. The Balaban J connectivity index is 2.18. The van der Waals surface area contributed by atoms with Crippen molar-refractivity contribution in [3.8, 4) is 6.07 Å². The van der Waals surface area contributed by atoms with Gasteiger partial charge in [-0.25, -0.2) is 4.39 Å². The first-order valence-electron chi connectivity index (χ1n) is 7.17. The van der Waals surface area contributed by atoms with Gasteiger partial charge in [0.1, 0.15) is 11.9 Å². The number of rotatable bonds is 9. The lowest BCUT2D eigenvalue weighted by molar-refractivity contribution is 0.555. The van der Waals surface area contributed by atoms with E-state index in [-0.39, 0.29) is 11.4 Å². The zero-order valence-corrected chi connectivity index (χ0v) is 11.7. The molecule has 1 aromatic carbocycles. The van der Waals surface area contributed by atoms with E-state index in [1.807, 2.05) is 6.07 Å². The zero-order chi connectivity index (χ0) is 13.9. The molecule has 0 aliphatic heterocycles. The molecule has 2 nitrogen and oxygen atoms in total. The lowest BCUT2D eigenvalue weighted by Crippen LogP contribution is -2.15. The molecule has 0 fully saturated rings.